The number of amides is 1. The number of piperidine rings is 1. The molecule has 6 nitrogen and oxygen atoms in total. The summed E-state index contributed by atoms with van der Waals surface area (Å²) in [5.74, 6) is 0.798. The molecule has 1 N–H and O–H groups in total. The number of thiocarbonyl (C=S) groups is 1. The van der Waals surface area contributed by atoms with Crippen molar-refractivity contribution in [3.8, 4) is 5.75 Å². The van der Waals surface area contributed by atoms with E-state index >= 15 is 0 Å². The fraction of sp³-hybridized carbons (Fsp3) is 0.526. The first-order valence-corrected chi connectivity index (χ1v) is 9.17. The molecule has 3 rings (SSSR count). The topological polar surface area (TPSA) is 63.2 Å². The Kier molecular flexibility index (Phi) is 4.92. The second kappa shape index (κ2) is 6.87. The van der Waals surface area contributed by atoms with Gasteiger partial charge in [-0.2, -0.15) is 0 Å². The number of carbonyl (C=O) groups is 1. The molecule has 140 valence electrons. The lowest BCUT2D eigenvalue weighted by molar-refractivity contribution is 0.0165. The number of nitrogens with zero attached hydrogens (tertiary/aromatic N) is 2. The van der Waals surface area contributed by atoms with Gasteiger partial charge < -0.3 is 19.7 Å². The van der Waals surface area contributed by atoms with E-state index in [0.29, 0.717) is 30.9 Å². The molecule has 1 fully saturated rings. The Balaban J connectivity index is 1.69. The standard InChI is InChI=1S/C19H25N3O3S/c1-18(2,3)25-17(23)22-11-9-19(10-12-22)20-15(16(26)21-19)13-5-7-14(24-4)8-6-13/h5-8H,9-12H2,1-4H3,(H,21,26). The summed E-state index contributed by atoms with van der Waals surface area (Å²) in [6, 6.07) is 7.72. The molecule has 1 spiro atoms. The number of hydrogen-bond donors (Lipinski definition) is 1. The molecule has 0 unspecified atom stereocenters. The minimum Gasteiger partial charge on any atom is -0.497 e. The zero-order chi connectivity index (χ0) is 18.9. The van der Waals surface area contributed by atoms with Crippen LogP contribution in [0, 0.1) is 0 Å². The van der Waals surface area contributed by atoms with E-state index in [0.717, 1.165) is 17.0 Å². The van der Waals surface area contributed by atoms with Crippen molar-refractivity contribution in [3.63, 3.8) is 0 Å². The van der Waals surface area contributed by atoms with Gasteiger partial charge in [-0.25, -0.2) is 4.79 Å². The second-order valence-electron chi connectivity index (χ2n) is 7.64. The van der Waals surface area contributed by atoms with Crippen molar-refractivity contribution in [2.75, 3.05) is 20.2 Å². The summed E-state index contributed by atoms with van der Waals surface area (Å²) >= 11 is 5.51. The number of aliphatic imine (C=N–C) groups is 1. The van der Waals surface area contributed by atoms with Crippen molar-refractivity contribution in [2.45, 2.75) is 44.9 Å². The van der Waals surface area contributed by atoms with Crippen molar-refractivity contribution in [1.82, 2.24) is 10.2 Å². The Hall–Kier alpha value is -2.15. The van der Waals surface area contributed by atoms with Crippen molar-refractivity contribution in [1.29, 1.82) is 0 Å². The number of nitrogens with one attached hydrogen (secondary N) is 1. The van der Waals surface area contributed by atoms with E-state index in [9.17, 15) is 4.79 Å². The van der Waals surface area contributed by atoms with Gasteiger partial charge in [-0.15, -0.1) is 0 Å². The molecular weight excluding hydrogens is 350 g/mol. The van der Waals surface area contributed by atoms with E-state index in [1.165, 1.54) is 0 Å². The summed E-state index contributed by atoms with van der Waals surface area (Å²) in [7, 11) is 1.64. The van der Waals surface area contributed by atoms with Gasteiger partial charge in [0.1, 0.15) is 27.7 Å². The van der Waals surface area contributed by atoms with E-state index in [1.807, 2.05) is 45.0 Å². The molecule has 1 aromatic carbocycles. The van der Waals surface area contributed by atoms with E-state index in [-0.39, 0.29) is 6.09 Å². The van der Waals surface area contributed by atoms with E-state index in [1.54, 1.807) is 12.0 Å². The molecule has 1 saturated heterocycles. The molecular formula is C19H25N3O3S. The van der Waals surface area contributed by atoms with Gasteiger partial charge in [0.2, 0.25) is 0 Å². The number of likely N-dealkylation sites (tertiary alicyclic amines) is 1. The third-order valence-electron chi connectivity index (χ3n) is 4.49. The normalized spacial score (nSPS) is 19.2. The lowest BCUT2D eigenvalue weighted by Gasteiger charge is -2.38. The monoisotopic (exact) mass is 375 g/mol. The quantitative estimate of drug-likeness (QED) is 0.805. The van der Waals surface area contributed by atoms with E-state index in [4.69, 9.17) is 26.7 Å². The molecule has 0 aromatic heterocycles. The van der Waals surface area contributed by atoms with Gasteiger partial charge in [0, 0.05) is 31.5 Å². The molecule has 26 heavy (non-hydrogen) atoms. The fourth-order valence-corrected chi connectivity index (χ4v) is 3.48. The van der Waals surface area contributed by atoms with Crippen LogP contribution in [0.2, 0.25) is 0 Å². The van der Waals surface area contributed by atoms with Crippen molar-refractivity contribution in [2.24, 2.45) is 4.99 Å². The minimum atomic E-state index is -0.487. The molecule has 2 heterocycles. The number of ether oxygens (including phenoxy) is 2. The van der Waals surface area contributed by atoms with Gasteiger partial charge in [-0.05, 0) is 45.0 Å². The van der Waals surface area contributed by atoms with Gasteiger partial charge in [0.05, 0.1) is 7.11 Å². The summed E-state index contributed by atoms with van der Waals surface area (Å²) in [5.41, 5.74) is 0.854. The van der Waals surface area contributed by atoms with Gasteiger partial charge in [0.25, 0.3) is 0 Å². The largest absolute Gasteiger partial charge is 0.497 e. The first-order chi connectivity index (χ1) is 12.2. The molecule has 0 saturated carbocycles. The molecule has 1 amide bonds. The van der Waals surface area contributed by atoms with Gasteiger partial charge in [0.15, 0.2) is 0 Å². The second-order valence-corrected chi connectivity index (χ2v) is 8.05. The SMILES string of the molecule is COc1ccc(C2=NC3(CCN(C(=O)OC(C)(C)C)CC3)NC2=S)cc1. The zero-order valence-electron chi connectivity index (χ0n) is 15.7. The highest BCUT2D eigenvalue weighted by Crippen LogP contribution is 2.30. The Bertz CT molecular complexity index is 729. The average molecular weight is 375 g/mol. The highest BCUT2D eigenvalue weighted by Gasteiger charge is 2.42. The highest BCUT2D eigenvalue weighted by atomic mass is 32.1. The summed E-state index contributed by atoms with van der Waals surface area (Å²) in [4.78, 5) is 19.5. The lowest BCUT2D eigenvalue weighted by Crippen LogP contribution is -2.52. The Labute approximate surface area is 159 Å². The van der Waals surface area contributed by atoms with E-state index in [2.05, 4.69) is 5.32 Å². The smallest absolute Gasteiger partial charge is 0.410 e. The van der Waals surface area contributed by atoms with Crippen molar-refractivity contribution >= 4 is 29.0 Å². The first-order valence-electron chi connectivity index (χ1n) is 8.76. The predicted octanol–water partition coefficient (Wildman–Crippen LogP) is 3.14. The molecule has 2 aliphatic heterocycles. The summed E-state index contributed by atoms with van der Waals surface area (Å²) in [6.07, 6.45) is 1.13. The third kappa shape index (κ3) is 3.98. The maximum Gasteiger partial charge on any atom is 0.410 e. The molecule has 0 atom stereocenters. The highest BCUT2D eigenvalue weighted by molar-refractivity contribution is 7.82. The molecule has 7 heteroatoms. The summed E-state index contributed by atoms with van der Waals surface area (Å²) in [6.45, 7) is 6.80. The Morgan fingerprint density at radius 1 is 1.23 bits per heavy atom. The maximum absolute atomic E-state index is 12.2. The number of benzene rings is 1. The van der Waals surface area contributed by atoms with Gasteiger partial charge in [-0.1, -0.05) is 12.2 Å². The van der Waals surface area contributed by atoms with Crippen molar-refractivity contribution < 1.29 is 14.3 Å². The average Bonchev–Trinajstić information content (AvgIpc) is 2.90. The van der Waals surface area contributed by atoms with Crippen LogP contribution < -0.4 is 10.1 Å². The first kappa shape index (κ1) is 18.6. The predicted molar refractivity (Wildman–Crippen MR) is 105 cm³/mol. The molecule has 0 bridgehead atoms. The molecule has 0 aliphatic carbocycles. The van der Waals surface area contributed by atoms with Crippen molar-refractivity contribution in [3.05, 3.63) is 29.8 Å². The molecule has 2 aliphatic rings. The third-order valence-corrected chi connectivity index (χ3v) is 4.79. The number of hydrogen-bond acceptors (Lipinski definition) is 5. The number of carbonyl (C=O) groups excluding carboxylic acids is 1. The van der Waals surface area contributed by atoms with Crippen LogP contribution in [0.4, 0.5) is 4.79 Å². The van der Waals surface area contributed by atoms with Crippen LogP contribution in [-0.4, -0.2) is 53.2 Å². The summed E-state index contributed by atoms with van der Waals surface area (Å²) in [5, 5.41) is 3.37. The summed E-state index contributed by atoms with van der Waals surface area (Å²) < 4.78 is 10.7. The van der Waals surface area contributed by atoms with E-state index < -0.39 is 11.3 Å². The maximum atomic E-state index is 12.2. The lowest BCUT2D eigenvalue weighted by atomic mass is 9.98. The molecule has 0 radical (unpaired) electrons. The number of rotatable bonds is 2. The van der Waals surface area contributed by atoms with Crippen LogP contribution in [0.25, 0.3) is 0 Å². The van der Waals surface area contributed by atoms with Gasteiger partial charge >= 0.3 is 6.09 Å². The Morgan fingerprint density at radius 3 is 2.38 bits per heavy atom. The zero-order valence-corrected chi connectivity index (χ0v) is 16.5. The van der Waals surface area contributed by atoms with Gasteiger partial charge in [-0.3, -0.25) is 4.99 Å². The van der Waals surface area contributed by atoms with Crippen LogP contribution >= 0.6 is 12.2 Å². The van der Waals surface area contributed by atoms with Crippen LogP contribution in [0.5, 0.6) is 5.75 Å². The van der Waals surface area contributed by atoms with Crippen LogP contribution in [0.3, 0.4) is 0 Å². The van der Waals surface area contributed by atoms with Crippen LogP contribution in [-0.2, 0) is 4.74 Å². The van der Waals surface area contributed by atoms with Crippen LogP contribution in [0.1, 0.15) is 39.2 Å². The Morgan fingerprint density at radius 2 is 1.85 bits per heavy atom. The fourth-order valence-electron chi connectivity index (χ4n) is 3.13. The molecule has 1 aromatic rings. The van der Waals surface area contributed by atoms with Crippen LogP contribution in [0.15, 0.2) is 29.3 Å². The minimum absolute atomic E-state index is 0.271. The number of methoxy groups -OCH3 is 1.